The van der Waals surface area contributed by atoms with E-state index in [1.165, 1.54) is 0 Å². The molecule has 0 radical (unpaired) electrons. The van der Waals surface area contributed by atoms with E-state index in [2.05, 4.69) is 6.58 Å². The van der Waals surface area contributed by atoms with Gasteiger partial charge >= 0.3 is 0 Å². The normalized spacial score (nSPS) is 25.4. The second-order valence-electron chi connectivity index (χ2n) is 2.24. The van der Waals surface area contributed by atoms with Gasteiger partial charge in [0.25, 0.3) is 0 Å². The molecule has 0 aliphatic heterocycles. The molecule has 0 aromatic rings. The Morgan fingerprint density at radius 3 is 2.36 bits per heavy atom. The molecule has 0 saturated heterocycles. The lowest BCUT2D eigenvalue weighted by Crippen LogP contribution is -2.18. The van der Waals surface area contributed by atoms with Crippen LogP contribution in [-0.2, 0) is 0 Å². The van der Waals surface area contributed by atoms with Crippen molar-refractivity contribution in [2.75, 3.05) is 0 Å². The molecule has 1 unspecified atom stereocenters. The van der Waals surface area contributed by atoms with Crippen molar-refractivity contribution in [3.05, 3.63) is 35.5 Å². The van der Waals surface area contributed by atoms with Crippen LogP contribution in [0.4, 0.5) is 0 Å². The number of aliphatic hydroxyl groups excluding tert-OH is 4. The Balaban J connectivity index is 3.12. The smallest absolute Gasteiger partial charge is 0.199 e. The molecule has 0 aromatic heterocycles. The summed E-state index contributed by atoms with van der Waals surface area (Å²) in [4.78, 5) is 0. The minimum atomic E-state index is -1.31. The van der Waals surface area contributed by atoms with Crippen molar-refractivity contribution >= 4 is 0 Å². The molecule has 4 heteroatoms. The van der Waals surface area contributed by atoms with Crippen LogP contribution in [0, 0.1) is 0 Å². The maximum absolute atomic E-state index is 9.01. The number of hydrogen-bond donors (Lipinski definition) is 4. The van der Waals surface area contributed by atoms with Gasteiger partial charge in [-0.1, -0.05) is 6.58 Å². The summed E-state index contributed by atoms with van der Waals surface area (Å²) in [6.45, 7) is 3.34. The Bertz CT molecular complexity index is 262. The Morgan fingerprint density at radius 1 is 1.27 bits per heavy atom. The monoisotopic (exact) mass is 156 g/mol. The van der Waals surface area contributed by atoms with Crippen molar-refractivity contribution in [3.63, 3.8) is 0 Å². The molecule has 4 nitrogen and oxygen atoms in total. The van der Waals surface area contributed by atoms with E-state index in [1.54, 1.807) is 0 Å². The second-order valence-corrected chi connectivity index (χ2v) is 2.24. The summed E-state index contributed by atoms with van der Waals surface area (Å²) < 4.78 is 0. The van der Waals surface area contributed by atoms with E-state index in [0.717, 1.165) is 6.08 Å². The van der Waals surface area contributed by atoms with Crippen molar-refractivity contribution in [2.45, 2.75) is 6.10 Å². The average Bonchev–Trinajstić information content (AvgIpc) is 1.97. The Hall–Kier alpha value is -1.42. The minimum Gasteiger partial charge on any atom is -0.506 e. The minimum absolute atomic E-state index is 0.137. The largest absolute Gasteiger partial charge is 0.506 e. The van der Waals surface area contributed by atoms with Gasteiger partial charge in [0.15, 0.2) is 17.3 Å². The lowest BCUT2D eigenvalue weighted by Gasteiger charge is -2.16. The lowest BCUT2D eigenvalue weighted by molar-refractivity contribution is 0.159. The molecular weight excluding hydrogens is 148 g/mol. The molecule has 4 N–H and O–H groups in total. The molecule has 11 heavy (non-hydrogen) atoms. The van der Waals surface area contributed by atoms with Crippen LogP contribution in [0.3, 0.4) is 0 Å². The van der Waals surface area contributed by atoms with E-state index in [4.69, 9.17) is 20.4 Å². The zero-order valence-corrected chi connectivity index (χ0v) is 5.65. The molecule has 1 atom stereocenters. The molecule has 0 amide bonds. The van der Waals surface area contributed by atoms with Gasteiger partial charge in [-0.05, 0) is 11.6 Å². The highest BCUT2D eigenvalue weighted by atomic mass is 16.4. The lowest BCUT2D eigenvalue weighted by atomic mass is 10.0. The second kappa shape index (κ2) is 2.32. The third-order valence-electron chi connectivity index (χ3n) is 1.42. The summed E-state index contributed by atoms with van der Waals surface area (Å²) in [6, 6.07) is 0. The standard InChI is InChI=1S/C7H8O4/c1-3-2-4(8)6(10)7(11)5(3)9/h2,5,8-11H,1H2. The first kappa shape index (κ1) is 7.68. The number of rotatable bonds is 0. The maximum Gasteiger partial charge on any atom is 0.199 e. The first-order chi connectivity index (χ1) is 5.04. The molecule has 0 fully saturated rings. The third kappa shape index (κ3) is 1.08. The van der Waals surface area contributed by atoms with E-state index < -0.39 is 23.4 Å². The van der Waals surface area contributed by atoms with Gasteiger partial charge < -0.3 is 20.4 Å². The number of aliphatic hydroxyl groups is 4. The molecule has 0 saturated carbocycles. The number of hydrogen-bond acceptors (Lipinski definition) is 4. The highest BCUT2D eigenvalue weighted by Gasteiger charge is 2.24. The molecule has 0 bridgehead atoms. The molecule has 0 heterocycles. The topological polar surface area (TPSA) is 80.9 Å². The van der Waals surface area contributed by atoms with Crippen LogP contribution in [-0.4, -0.2) is 26.5 Å². The van der Waals surface area contributed by atoms with Crippen LogP contribution in [0.25, 0.3) is 0 Å². The summed E-state index contributed by atoms with van der Waals surface area (Å²) in [5.41, 5.74) is 0.137. The summed E-state index contributed by atoms with van der Waals surface area (Å²) in [5.74, 6) is -1.86. The van der Waals surface area contributed by atoms with Crippen LogP contribution in [0.2, 0.25) is 0 Å². The molecular formula is C7H8O4. The molecule has 1 rings (SSSR count). The van der Waals surface area contributed by atoms with Crippen LogP contribution in [0.5, 0.6) is 0 Å². The summed E-state index contributed by atoms with van der Waals surface area (Å²) >= 11 is 0. The SMILES string of the molecule is C=C1C=C(O)C(O)=C(O)C1O. The van der Waals surface area contributed by atoms with Crippen molar-refractivity contribution in [3.8, 4) is 0 Å². The van der Waals surface area contributed by atoms with E-state index in [1.807, 2.05) is 0 Å². The van der Waals surface area contributed by atoms with Gasteiger partial charge in [-0.2, -0.15) is 0 Å². The van der Waals surface area contributed by atoms with Gasteiger partial charge in [0.05, 0.1) is 0 Å². The first-order valence-electron chi connectivity index (χ1n) is 2.94. The highest BCUT2D eigenvalue weighted by molar-refractivity contribution is 5.40. The van der Waals surface area contributed by atoms with Gasteiger partial charge in [-0.15, -0.1) is 0 Å². The summed E-state index contributed by atoms with van der Waals surface area (Å²) in [6.07, 6.45) is -0.231. The van der Waals surface area contributed by atoms with E-state index in [-0.39, 0.29) is 5.57 Å². The predicted molar refractivity (Wildman–Crippen MR) is 38.1 cm³/mol. The Morgan fingerprint density at radius 2 is 1.82 bits per heavy atom. The van der Waals surface area contributed by atoms with Crippen molar-refractivity contribution < 1.29 is 20.4 Å². The fourth-order valence-corrected chi connectivity index (χ4v) is 0.759. The molecule has 0 spiro atoms. The van der Waals surface area contributed by atoms with Crippen molar-refractivity contribution in [1.82, 2.24) is 0 Å². The van der Waals surface area contributed by atoms with Crippen LogP contribution in [0.15, 0.2) is 35.5 Å². The average molecular weight is 156 g/mol. The highest BCUT2D eigenvalue weighted by Crippen LogP contribution is 2.22. The van der Waals surface area contributed by atoms with E-state index in [9.17, 15) is 0 Å². The van der Waals surface area contributed by atoms with Gasteiger partial charge in [0.2, 0.25) is 0 Å². The van der Waals surface area contributed by atoms with Crippen LogP contribution >= 0.6 is 0 Å². The zero-order valence-electron chi connectivity index (χ0n) is 5.65. The quantitative estimate of drug-likeness (QED) is 0.416. The Kier molecular flexibility index (Phi) is 1.62. The van der Waals surface area contributed by atoms with Crippen molar-refractivity contribution in [1.29, 1.82) is 0 Å². The molecule has 0 aromatic carbocycles. The Labute approximate surface area is 63.0 Å². The fraction of sp³-hybridized carbons (Fsp3) is 0.143. The van der Waals surface area contributed by atoms with E-state index >= 15 is 0 Å². The van der Waals surface area contributed by atoms with Crippen LogP contribution in [0.1, 0.15) is 0 Å². The molecule has 1 aliphatic carbocycles. The first-order valence-corrected chi connectivity index (χ1v) is 2.94. The molecule has 60 valence electrons. The van der Waals surface area contributed by atoms with Gasteiger partial charge in [0, 0.05) is 0 Å². The zero-order chi connectivity index (χ0) is 8.59. The van der Waals surface area contributed by atoms with E-state index in [0.29, 0.717) is 0 Å². The van der Waals surface area contributed by atoms with Gasteiger partial charge in [-0.25, -0.2) is 0 Å². The van der Waals surface area contributed by atoms with Gasteiger partial charge in [0.1, 0.15) is 6.10 Å². The predicted octanol–water partition coefficient (Wildman–Crippen LogP) is 0.687. The fourth-order valence-electron chi connectivity index (χ4n) is 0.759. The summed E-state index contributed by atoms with van der Waals surface area (Å²) in [5, 5.41) is 35.6. The van der Waals surface area contributed by atoms with Crippen molar-refractivity contribution in [2.24, 2.45) is 0 Å². The van der Waals surface area contributed by atoms with Crippen LogP contribution < -0.4 is 0 Å². The van der Waals surface area contributed by atoms with Gasteiger partial charge in [-0.3, -0.25) is 0 Å². The maximum atomic E-state index is 9.01. The third-order valence-corrected chi connectivity index (χ3v) is 1.42. The molecule has 1 aliphatic rings. The summed E-state index contributed by atoms with van der Waals surface area (Å²) in [7, 11) is 0.